The highest BCUT2D eigenvalue weighted by Crippen LogP contribution is 2.20. The zero-order chi connectivity index (χ0) is 22.3. The highest BCUT2D eigenvalue weighted by molar-refractivity contribution is 6.06. The first-order valence-corrected chi connectivity index (χ1v) is 11.0. The van der Waals surface area contributed by atoms with Gasteiger partial charge in [-0.15, -0.1) is 0 Å². The summed E-state index contributed by atoms with van der Waals surface area (Å²) in [4.78, 5) is 23.7. The zero-order valence-electron chi connectivity index (χ0n) is 18.6. The summed E-state index contributed by atoms with van der Waals surface area (Å²) in [6.07, 6.45) is 5.78. The Morgan fingerprint density at radius 3 is 2.28 bits per heavy atom. The number of hydrogen-bond donors (Lipinski definition) is 2. The molecule has 0 aliphatic carbocycles. The molecular weight excluding hydrogens is 402 g/mol. The molecule has 32 heavy (non-hydrogen) atoms. The van der Waals surface area contributed by atoms with Gasteiger partial charge >= 0.3 is 0 Å². The van der Waals surface area contributed by atoms with Crippen LogP contribution < -0.4 is 15.4 Å². The molecule has 1 aromatic heterocycles. The second-order valence-electron chi connectivity index (χ2n) is 8.06. The van der Waals surface area contributed by atoms with Crippen molar-refractivity contribution < 1.29 is 9.53 Å². The first-order valence-electron chi connectivity index (χ1n) is 11.0. The van der Waals surface area contributed by atoms with Crippen LogP contribution in [0.3, 0.4) is 0 Å². The number of ether oxygens (including phenoxy) is 1. The molecule has 1 amide bonds. The second kappa shape index (κ2) is 10.2. The Labute approximate surface area is 188 Å². The summed E-state index contributed by atoms with van der Waals surface area (Å²) in [7, 11) is 0. The summed E-state index contributed by atoms with van der Waals surface area (Å²) in [5, 5.41) is 6.03. The number of rotatable bonds is 8. The number of carbonyl (C=O) groups is 1. The molecule has 0 saturated carbocycles. The number of carbonyl (C=O) groups excluding carboxylic acids is 1. The lowest BCUT2D eigenvalue weighted by Gasteiger charge is -2.15. The summed E-state index contributed by atoms with van der Waals surface area (Å²) in [5.74, 6) is 1.14. The molecule has 2 heterocycles. The number of aromatic nitrogens is 2. The zero-order valence-corrected chi connectivity index (χ0v) is 18.6. The van der Waals surface area contributed by atoms with Gasteiger partial charge in [0.05, 0.1) is 18.1 Å². The van der Waals surface area contributed by atoms with Gasteiger partial charge < -0.3 is 15.4 Å². The first kappa shape index (κ1) is 21.8. The number of hydrogen-bond acceptors (Lipinski definition) is 6. The Hall–Kier alpha value is -3.45. The van der Waals surface area contributed by atoms with Crippen molar-refractivity contribution >= 4 is 23.2 Å². The van der Waals surface area contributed by atoms with E-state index in [1.54, 1.807) is 12.4 Å². The van der Waals surface area contributed by atoms with E-state index >= 15 is 0 Å². The van der Waals surface area contributed by atoms with Gasteiger partial charge in [0.25, 0.3) is 5.91 Å². The maximum atomic E-state index is 12.6. The minimum absolute atomic E-state index is 0.162. The average Bonchev–Trinajstić information content (AvgIpc) is 3.30. The third-order valence-electron chi connectivity index (χ3n) is 5.60. The molecule has 4 rings (SSSR count). The van der Waals surface area contributed by atoms with Crippen molar-refractivity contribution in [1.82, 2.24) is 14.9 Å². The van der Waals surface area contributed by atoms with Gasteiger partial charge in [-0.2, -0.15) is 0 Å². The Bertz CT molecular complexity index is 1020. The number of nitrogens with zero attached hydrogens (tertiary/aromatic N) is 3. The number of amides is 1. The van der Waals surface area contributed by atoms with Gasteiger partial charge in [-0.1, -0.05) is 18.2 Å². The van der Waals surface area contributed by atoms with Gasteiger partial charge in [-0.25, -0.2) is 9.97 Å². The van der Waals surface area contributed by atoms with Gasteiger partial charge in [0.15, 0.2) is 0 Å². The van der Waals surface area contributed by atoms with Gasteiger partial charge in [0, 0.05) is 17.8 Å². The van der Waals surface area contributed by atoms with E-state index in [2.05, 4.69) is 25.5 Å². The van der Waals surface area contributed by atoms with Crippen LogP contribution in [-0.2, 0) is 0 Å². The van der Waals surface area contributed by atoms with Crippen LogP contribution in [0.2, 0.25) is 0 Å². The number of likely N-dealkylation sites (tertiary alicyclic amines) is 1. The van der Waals surface area contributed by atoms with E-state index in [4.69, 9.17) is 4.74 Å². The third kappa shape index (κ3) is 5.62. The average molecular weight is 432 g/mol. The van der Waals surface area contributed by atoms with E-state index in [1.807, 2.05) is 56.3 Å². The van der Waals surface area contributed by atoms with Gasteiger partial charge in [0.1, 0.15) is 12.4 Å². The second-order valence-corrected chi connectivity index (χ2v) is 8.06. The predicted molar refractivity (Wildman–Crippen MR) is 127 cm³/mol. The molecule has 2 N–H and O–H groups in total. The number of nitrogens with one attached hydrogen (secondary N) is 2. The molecule has 1 fully saturated rings. The highest BCUT2D eigenvalue weighted by Gasteiger charge is 2.13. The van der Waals surface area contributed by atoms with Crippen molar-refractivity contribution in [2.24, 2.45) is 0 Å². The van der Waals surface area contributed by atoms with E-state index < -0.39 is 0 Å². The Morgan fingerprint density at radius 2 is 1.62 bits per heavy atom. The molecule has 7 heteroatoms. The molecule has 1 saturated heterocycles. The molecule has 1 aliphatic heterocycles. The van der Waals surface area contributed by atoms with Crippen LogP contribution in [0, 0.1) is 13.8 Å². The van der Waals surface area contributed by atoms with Crippen LogP contribution in [0.1, 0.15) is 34.3 Å². The van der Waals surface area contributed by atoms with Gasteiger partial charge in [0.2, 0.25) is 5.95 Å². The van der Waals surface area contributed by atoms with E-state index in [-0.39, 0.29) is 5.91 Å². The lowest BCUT2D eigenvalue weighted by molar-refractivity contribution is 0.102. The largest absolute Gasteiger partial charge is 0.492 e. The topological polar surface area (TPSA) is 79.4 Å². The maximum Gasteiger partial charge on any atom is 0.256 e. The normalized spacial score (nSPS) is 13.7. The monoisotopic (exact) mass is 431 g/mol. The quantitative estimate of drug-likeness (QED) is 0.544. The fraction of sp³-hybridized carbons (Fsp3) is 0.320. The Kier molecular flexibility index (Phi) is 6.97. The molecule has 0 unspecified atom stereocenters. The fourth-order valence-corrected chi connectivity index (χ4v) is 3.89. The highest BCUT2D eigenvalue weighted by atomic mass is 16.5. The van der Waals surface area contributed by atoms with Crippen LogP contribution in [0.4, 0.5) is 17.3 Å². The summed E-state index contributed by atoms with van der Waals surface area (Å²) in [5.41, 5.74) is 3.96. The summed E-state index contributed by atoms with van der Waals surface area (Å²) in [6, 6.07) is 13.5. The van der Waals surface area contributed by atoms with Crippen LogP contribution in [-0.4, -0.2) is 47.0 Å². The molecule has 1 aliphatic rings. The minimum atomic E-state index is -0.162. The van der Waals surface area contributed by atoms with E-state index in [1.165, 1.54) is 25.9 Å². The first-order chi connectivity index (χ1) is 15.6. The lowest BCUT2D eigenvalue weighted by Crippen LogP contribution is -2.25. The van der Waals surface area contributed by atoms with Crippen molar-refractivity contribution in [1.29, 1.82) is 0 Å². The smallest absolute Gasteiger partial charge is 0.256 e. The molecule has 166 valence electrons. The lowest BCUT2D eigenvalue weighted by atomic mass is 10.0. The summed E-state index contributed by atoms with van der Waals surface area (Å²) < 4.78 is 5.84. The van der Waals surface area contributed by atoms with Crippen molar-refractivity contribution in [3.8, 4) is 5.75 Å². The Morgan fingerprint density at radius 1 is 0.969 bits per heavy atom. The molecule has 0 atom stereocenters. The molecule has 0 spiro atoms. The maximum absolute atomic E-state index is 12.6. The number of anilines is 3. The van der Waals surface area contributed by atoms with Gasteiger partial charge in [-0.05, 0) is 75.2 Å². The molecule has 2 aromatic carbocycles. The molecule has 7 nitrogen and oxygen atoms in total. The Balaban J connectivity index is 1.29. The number of aryl methyl sites for hydroxylation is 2. The summed E-state index contributed by atoms with van der Waals surface area (Å²) >= 11 is 0. The SMILES string of the molecule is Cc1cccc(C)c1C(=O)Nc1cnc(Nc2ccc(OCCN3CCCC3)cc2)nc1. The van der Waals surface area contributed by atoms with E-state index in [9.17, 15) is 4.79 Å². The van der Waals surface area contributed by atoms with Crippen LogP contribution in [0.25, 0.3) is 0 Å². The fourth-order valence-electron chi connectivity index (χ4n) is 3.89. The van der Waals surface area contributed by atoms with E-state index in [0.717, 1.165) is 29.1 Å². The van der Waals surface area contributed by atoms with Crippen LogP contribution >= 0.6 is 0 Å². The standard InChI is InChI=1S/C25H29N5O2/c1-18-6-5-7-19(2)23(18)24(31)28-21-16-26-25(27-17-21)29-20-8-10-22(11-9-20)32-15-14-30-12-3-4-13-30/h5-11,16-17H,3-4,12-15H2,1-2H3,(H,28,31)(H,26,27,29). The minimum Gasteiger partial charge on any atom is -0.492 e. The number of benzene rings is 2. The van der Waals surface area contributed by atoms with Crippen molar-refractivity contribution in [3.05, 3.63) is 71.5 Å². The third-order valence-corrected chi connectivity index (χ3v) is 5.60. The van der Waals surface area contributed by atoms with Crippen LogP contribution in [0.15, 0.2) is 54.9 Å². The van der Waals surface area contributed by atoms with Gasteiger partial charge in [-0.3, -0.25) is 9.69 Å². The van der Waals surface area contributed by atoms with Crippen LogP contribution in [0.5, 0.6) is 5.75 Å². The predicted octanol–water partition coefficient (Wildman–Crippen LogP) is 4.56. The summed E-state index contributed by atoms with van der Waals surface area (Å²) in [6.45, 7) is 7.89. The van der Waals surface area contributed by atoms with E-state index in [0.29, 0.717) is 23.8 Å². The van der Waals surface area contributed by atoms with Crippen molar-refractivity contribution in [2.45, 2.75) is 26.7 Å². The molecule has 0 radical (unpaired) electrons. The molecular formula is C25H29N5O2. The van der Waals surface area contributed by atoms with Crippen molar-refractivity contribution in [2.75, 3.05) is 36.9 Å². The molecule has 0 bridgehead atoms. The molecule has 3 aromatic rings. The van der Waals surface area contributed by atoms with Crippen molar-refractivity contribution in [3.63, 3.8) is 0 Å².